The van der Waals surface area contributed by atoms with Gasteiger partial charge in [0, 0.05) is 12.1 Å². The molecule has 0 aromatic rings. The van der Waals surface area contributed by atoms with Gasteiger partial charge in [0.15, 0.2) is 0 Å². The molecule has 4 nitrogen and oxygen atoms in total. The van der Waals surface area contributed by atoms with Crippen LogP contribution in [0.25, 0.3) is 0 Å². The summed E-state index contributed by atoms with van der Waals surface area (Å²) < 4.78 is 4.80. The van der Waals surface area contributed by atoms with Gasteiger partial charge in [-0.2, -0.15) is 0 Å². The van der Waals surface area contributed by atoms with E-state index in [0.717, 1.165) is 6.54 Å². The number of rotatable bonds is 6. The second-order valence-electron chi connectivity index (χ2n) is 3.39. The third-order valence-electron chi connectivity index (χ3n) is 1.82. The summed E-state index contributed by atoms with van der Waals surface area (Å²) in [5.74, 6) is -0.455. The number of likely N-dealkylation sites (N-methyl/N-ethyl adjacent to an activating group) is 1. The van der Waals surface area contributed by atoms with Gasteiger partial charge in [0.2, 0.25) is 0 Å². The van der Waals surface area contributed by atoms with Crippen molar-refractivity contribution in [3.8, 4) is 0 Å². The smallest absolute Gasteiger partial charge is 0.333 e. The van der Waals surface area contributed by atoms with E-state index in [1.54, 1.807) is 6.92 Å². The number of esters is 1. The van der Waals surface area contributed by atoms with Crippen LogP contribution in [0, 0.1) is 0 Å². The van der Waals surface area contributed by atoms with E-state index >= 15 is 0 Å². The highest BCUT2D eigenvalue weighted by Gasteiger charge is 2.10. The van der Waals surface area contributed by atoms with Crippen LogP contribution in [-0.2, 0) is 9.53 Å². The van der Waals surface area contributed by atoms with E-state index in [1.807, 2.05) is 18.9 Å². The van der Waals surface area contributed by atoms with Gasteiger partial charge in [0.05, 0.1) is 0 Å². The zero-order chi connectivity index (χ0) is 11.1. The highest BCUT2D eigenvalue weighted by Crippen LogP contribution is 1.95. The predicted molar refractivity (Wildman–Crippen MR) is 55.0 cm³/mol. The Bertz CT molecular complexity index is 204. The second-order valence-corrected chi connectivity index (χ2v) is 3.39. The van der Waals surface area contributed by atoms with Crippen LogP contribution in [0.3, 0.4) is 0 Å². The van der Waals surface area contributed by atoms with Crippen LogP contribution < -0.4 is 0 Å². The Labute approximate surface area is 85.2 Å². The van der Waals surface area contributed by atoms with Gasteiger partial charge in [0.1, 0.15) is 12.7 Å². The lowest BCUT2D eigenvalue weighted by Crippen LogP contribution is -2.32. The molecule has 0 aliphatic rings. The summed E-state index contributed by atoms with van der Waals surface area (Å²) in [4.78, 5) is 12.9. The van der Waals surface area contributed by atoms with Crippen LogP contribution in [0.4, 0.5) is 0 Å². The molecule has 0 fully saturated rings. The molecule has 0 aromatic heterocycles. The first kappa shape index (κ1) is 13.1. The topological polar surface area (TPSA) is 49.8 Å². The lowest BCUT2D eigenvalue weighted by atomic mass is 10.3. The average Bonchev–Trinajstić information content (AvgIpc) is 2.13. The number of aliphatic hydroxyl groups excluding tert-OH is 1. The number of hydrogen-bond donors (Lipinski definition) is 1. The maximum absolute atomic E-state index is 11.0. The normalized spacial score (nSPS) is 12.6. The van der Waals surface area contributed by atoms with Gasteiger partial charge in [-0.05, 0) is 20.5 Å². The summed E-state index contributed by atoms with van der Waals surface area (Å²) in [6, 6.07) is 0. The SMILES string of the molecule is C=C(C)C(=O)OCC(O)CN(C)CC. The van der Waals surface area contributed by atoms with Crippen molar-refractivity contribution in [2.45, 2.75) is 20.0 Å². The van der Waals surface area contributed by atoms with E-state index in [4.69, 9.17) is 4.74 Å². The van der Waals surface area contributed by atoms with Crippen LogP contribution in [0.15, 0.2) is 12.2 Å². The van der Waals surface area contributed by atoms with Crippen molar-refractivity contribution in [3.05, 3.63) is 12.2 Å². The number of ether oxygens (including phenoxy) is 1. The van der Waals surface area contributed by atoms with E-state index in [2.05, 4.69) is 6.58 Å². The summed E-state index contributed by atoms with van der Waals surface area (Å²) >= 11 is 0. The van der Waals surface area contributed by atoms with Gasteiger partial charge >= 0.3 is 5.97 Å². The Morgan fingerprint density at radius 2 is 2.21 bits per heavy atom. The van der Waals surface area contributed by atoms with E-state index in [1.165, 1.54) is 0 Å². The van der Waals surface area contributed by atoms with E-state index in [-0.39, 0.29) is 6.61 Å². The van der Waals surface area contributed by atoms with Crippen molar-refractivity contribution >= 4 is 5.97 Å². The molecule has 0 heterocycles. The van der Waals surface area contributed by atoms with Gasteiger partial charge in [-0.1, -0.05) is 13.5 Å². The molecule has 0 rings (SSSR count). The molecule has 14 heavy (non-hydrogen) atoms. The molecular weight excluding hydrogens is 182 g/mol. The Kier molecular flexibility index (Phi) is 6.16. The molecule has 0 aliphatic carbocycles. The molecule has 0 aliphatic heterocycles. The monoisotopic (exact) mass is 201 g/mol. The lowest BCUT2D eigenvalue weighted by molar-refractivity contribution is -0.142. The summed E-state index contributed by atoms with van der Waals surface area (Å²) in [5, 5.41) is 9.43. The molecule has 0 amide bonds. The van der Waals surface area contributed by atoms with Crippen molar-refractivity contribution in [3.63, 3.8) is 0 Å². The summed E-state index contributed by atoms with van der Waals surface area (Å²) in [6.45, 7) is 8.39. The number of hydrogen-bond acceptors (Lipinski definition) is 4. The van der Waals surface area contributed by atoms with Crippen molar-refractivity contribution in [2.24, 2.45) is 0 Å². The quantitative estimate of drug-likeness (QED) is 0.500. The van der Waals surface area contributed by atoms with Crippen LogP contribution >= 0.6 is 0 Å². The third kappa shape index (κ3) is 5.72. The number of carbonyl (C=O) groups is 1. The zero-order valence-corrected chi connectivity index (χ0v) is 9.12. The average molecular weight is 201 g/mol. The molecule has 0 radical (unpaired) electrons. The highest BCUT2D eigenvalue weighted by molar-refractivity contribution is 5.86. The van der Waals surface area contributed by atoms with Crippen LogP contribution in [0.2, 0.25) is 0 Å². The lowest BCUT2D eigenvalue weighted by Gasteiger charge is -2.18. The Hall–Kier alpha value is -0.870. The molecule has 0 bridgehead atoms. The highest BCUT2D eigenvalue weighted by atomic mass is 16.5. The molecule has 82 valence electrons. The molecule has 1 unspecified atom stereocenters. The summed E-state index contributed by atoms with van der Waals surface area (Å²) in [7, 11) is 1.89. The first-order valence-corrected chi connectivity index (χ1v) is 4.66. The fourth-order valence-corrected chi connectivity index (χ4v) is 0.837. The Balaban J connectivity index is 3.68. The Morgan fingerprint density at radius 1 is 1.64 bits per heavy atom. The maximum Gasteiger partial charge on any atom is 0.333 e. The molecule has 0 saturated heterocycles. The maximum atomic E-state index is 11.0. The summed E-state index contributed by atoms with van der Waals surface area (Å²) in [6.07, 6.45) is -0.636. The minimum atomic E-state index is -0.636. The minimum absolute atomic E-state index is 0.0238. The largest absolute Gasteiger partial charge is 0.460 e. The van der Waals surface area contributed by atoms with Gasteiger partial charge in [-0.15, -0.1) is 0 Å². The predicted octanol–water partition coefficient (Wildman–Crippen LogP) is 0.418. The molecule has 0 spiro atoms. The molecule has 1 atom stereocenters. The van der Waals surface area contributed by atoms with Crippen molar-refractivity contribution in [1.29, 1.82) is 0 Å². The third-order valence-corrected chi connectivity index (χ3v) is 1.82. The van der Waals surface area contributed by atoms with Crippen LogP contribution in [0.1, 0.15) is 13.8 Å². The summed E-state index contributed by atoms with van der Waals surface area (Å²) in [5.41, 5.74) is 0.348. The van der Waals surface area contributed by atoms with Gasteiger partial charge in [0.25, 0.3) is 0 Å². The van der Waals surface area contributed by atoms with Crippen molar-refractivity contribution in [2.75, 3.05) is 26.7 Å². The van der Waals surface area contributed by atoms with Crippen molar-refractivity contribution < 1.29 is 14.6 Å². The Morgan fingerprint density at radius 3 is 2.64 bits per heavy atom. The molecule has 0 aromatic carbocycles. The van der Waals surface area contributed by atoms with Crippen LogP contribution in [0.5, 0.6) is 0 Å². The molecule has 1 N–H and O–H groups in total. The van der Waals surface area contributed by atoms with E-state index in [9.17, 15) is 9.90 Å². The van der Waals surface area contributed by atoms with Gasteiger partial charge in [-0.3, -0.25) is 0 Å². The number of nitrogens with zero attached hydrogens (tertiary/aromatic N) is 1. The molecule has 0 saturated carbocycles. The fourth-order valence-electron chi connectivity index (χ4n) is 0.837. The number of aliphatic hydroxyl groups is 1. The number of carbonyl (C=O) groups excluding carboxylic acids is 1. The standard InChI is InChI=1S/C10H19NO3/c1-5-11(4)6-9(12)7-14-10(13)8(2)3/h9,12H,2,5-7H2,1,3-4H3. The molecule has 4 heteroatoms. The van der Waals surface area contributed by atoms with Gasteiger partial charge < -0.3 is 14.7 Å². The van der Waals surface area contributed by atoms with Gasteiger partial charge in [-0.25, -0.2) is 4.79 Å². The first-order valence-electron chi connectivity index (χ1n) is 4.66. The van der Waals surface area contributed by atoms with E-state index in [0.29, 0.717) is 12.1 Å². The minimum Gasteiger partial charge on any atom is -0.460 e. The zero-order valence-electron chi connectivity index (χ0n) is 9.12. The van der Waals surface area contributed by atoms with Crippen LogP contribution in [-0.4, -0.2) is 48.8 Å². The molecular formula is C10H19NO3. The second kappa shape index (κ2) is 6.56. The first-order chi connectivity index (χ1) is 6.47. The van der Waals surface area contributed by atoms with E-state index < -0.39 is 12.1 Å². The van der Waals surface area contributed by atoms with Crippen molar-refractivity contribution in [1.82, 2.24) is 4.90 Å². The fraction of sp³-hybridized carbons (Fsp3) is 0.700.